The highest BCUT2D eigenvalue weighted by Crippen LogP contribution is 2.26. The number of thiazole rings is 2. The highest BCUT2D eigenvalue weighted by atomic mass is 32.1. The average Bonchev–Trinajstić information content (AvgIpc) is 2.87. The Hall–Kier alpha value is -0.780. The van der Waals surface area contributed by atoms with Crippen LogP contribution in [0.15, 0.2) is 12.4 Å². The van der Waals surface area contributed by atoms with E-state index in [1.807, 2.05) is 19.3 Å². The van der Waals surface area contributed by atoms with Gasteiger partial charge in [-0.15, -0.1) is 22.7 Å². The fourth-order valence-electron chi connectivity index (χ4n) is 1.53. The summed E-state index contributed by atoms with van der Waals surface area (Å²) in [4.78, 5) is 11.3. The molecular formula is C13H19N3S2. The van der Waals surface area contributed by atoms with Crippen molar-refractivity contribution in [2.45, 2.75) is 46.2 Å². The van der Waals surface area contributed by atoms with Crippen LogP contribution in [0.4, 0.5) is 0 Å². The van der Waals surface area contributed by atoms with Crippen LogP contribution in [0.25, 0.3) is 0 Å². The molecule has 3 nitrogen and oxygen atoms in total. The maximum absolute atomic E-state index is 4.49. The van der Waals surface area contributed by atoms with Gasteiger partial charge >= 0.3 is 0 Å². The van der Waals surface area contributed by atoms with Crippen molar-refractivity contribution < 1.29 is 0 Å². The molecule has 0 unspecified atom stereocenters. The zero-order valence-corrected chi connectivity index (χ0v) is 12.9. The summed E-state index contributed by atoms with van der Waals surface area (Å²) >= 11 is 3.54. The maximum Gasteiger partial charge on any atom is 0.0981 e. The molecule has 2 aromatic heterocycles. The van der Waals surface area contributed by atoms with E-state index in [1.54, 1.807) is 22.7 Å². The molecule has 0 aromatic carbocycles. The molecule has 0 amide bonds. The highest BCUT2D eigenvalue weighted by molar-refractivity contribution is 7.12. The fourth-order valence-corrected chi connectivity index (χ4v) is 3.24. The Bertz CT molecular complexity index is 508. The molecule has 2 aromatic rings. The van der Waals surface area contributed by atoms with Gasteiger partial charge in [-0.3, -0.25) is 0 Å². The van der Waals surface area contributed by atoms with E-state index in [4.69, 9.17) is 0 Å². The molecule has 98 valence electrons. The summed E-state index contributed by atoms with van der Waals surface area (Å²) < 4.78 is 0. The smallest absolute Gasteiger partial charge is 0.0981 e. The monoisotopic (exact) mass is 281 g/mol. The van der Waals surface area contributed by atoms with E-state index >= 15 is 0 Å². The Kier molecular flexibility index (Phi) is 4.14. The summed E-state index contributed by atoms with van der Waals surface area (Å²) in [6, 6.07) is 0. The Balaban J connectivity index is 1.85. The van der Waals surface area contributed by atoms with E-state index in [0.29, 0.717) is 0 Å². The van der Waals surface area contributed by atoms with Gasteiger partial charge < -0.3 is 5.32 Å². The minimum atomic E-state index is 0.150. The van der Waals surface area contributed by atoms with Gasteiger partial charge in [0.15, 0.2) is 0 Å². The Morgan fingerprint density at radius 1 is 1.06 bits per heavy atom. The van der Waals surface area contributed by atoms with Gasteiger partial charge in [-0.25, -0.2) is 9.97 Å². The first-order chi connectivity index (χ1) is 8.45. The summed E-state index contributed by atoms with van der Waals surface area (Å²) in [7, 11) is 0. The van der Waals surface area contributed by atoms with E-state index in [9.17, 15) is 0 Å². The first-order valence-corrected chi connectivity index (χ1v) is 7.65. The topological polar surface area (TPSA) is 37.8 Å². The van der Waals surface area contributed by atoms with Crippen LogP contribution in [0, 0.1) is 6.92 Å². The molecule has 0 aliphatic rings. The van der Waals surface area contributed by atoms with Crippen LogP contribution in [0.2, 0.25) is 0 Å². The molecule has 0 spiro atoms. The normalized spacial score (nSPS) is 12.0. The number of rotatable bonds is 4. The molecule has 0 radical (unpaired) electrons. The van der Waals surface area contributed by atoms with E-state index in [0.717, 1.165) is 18.1 Å². The van der Waals surface area contributed by atoms with Gasteiger partial charge in [0, 0.05) is 40.7 Å². The van der Waals surface area contributed by atoms with Crippen LogP contribution >= 0.6 is 22.7 Å². The van der Waals surface area contributed by atoms with Gasteiger partial charge in [-0.1, -0.05) is 20.8 Å². The number of hydrogen-bond donors (Lipinski definition) is 1. The third kappa shape index (κ3) is 3.60. The summed E-state index contributed by atoms with van der Waals surface area (Å²) in [6.45, 7) is 10.4. The van der Waals surface area contributed by atoms with Gasteiger partial charge in [0.25, 0.3) is 0 Å². The fraction of sp³-hybridized carbons (Fsp3) is 0.538. The summed E-state index contributed by atoms with van der Waals surface area (Å²) in [5.41, 5.74) is 0.150. The van der Waals surface area contributed by atoms with Crippen molar-refractivity contribution in [2.75, 3.05) is 0 Å². The van der Waals surface area contributed by atoms with Gasteiger partial charge in [0.1, 0.15) is 0 Å². The van der Waals surface area contributed by atoms with Crippen molar-refractivity contribution in [1.82, 2.24) is 15.3 Å². The predicted molar refractivity (Wildman–Crippen MR) is 78.2 cm³/mol. The number of hydrogen-bond acceptors (Lipinski definition) is 5. The van der Waals surface area contributed by atoms with E-state index in [1.165, 1.54) is 14.8 Å². The van der Waals surface area contributed by atoms with Crippen LogP contribution < -0.4 is 5.32 Å². The lowest BCUT2D eigenvalue weighted by Gasteiger charge is -2.13. The molecule has 0 saturated carbocycles. The first-order valence-electron chi connectivity index (χ1n) is 6.02. The van der Waals surface area contributed by atoms with Crippen molar-refractivity contribution in [2.24, 2.45) is 0 Å². The molecule has 5 heteroatoms. The Labute approximate surface area is 116 Å². The highest BCUT2D eigenvalue weighted by Gasteiger charge is 2.17. The van der Waals surface area contributed by atoms with Crippen molar-refractivity contribution in [3.8, 4) is 0 Å². The minimum absolute atomic E-state index is 0.150. The predicted octanol–water partition coefficient (Wildman–Crippen LogP) is 3.50. The minimum Gasteiger partial charge on any atom is -0.307 e. The second kappa shape index (κ2) is 5.47. The van der Waals surface area contributed by atoms with Gasteiger partial charge in [0.2, 0.25) is 0 Å². The SMILES string of the molecule is Cc1ncc(CNCc2cnc(C(C)(C)C)s2)s1. The van der Waals surface area contributed by atoms with Crippen LogP contribution in [0.1, 0.15) is 40.5 Å². The second-order valence-corrected chi connectivity index (χ2v) is 7.77. The number of nitrogens with one attached hydrogen (secondary N) is 1. The summed E-state index contributed by atoms with van der Waals surface area (Å²) in [5.74, 6) is 0. The number of aryl methyl sites for hydroxylation is 1. The number of nitrogens with zero attached hydrogens (tertiary/aromatic N) is 2. The summed E-state index contributed by atoms with van der Waals surface area (Å²) in [5, 5.41) is 5.76. The molecule has 0 saturated heterocycles. The first kappa shape index (κ1) is 13.6. The van der Waals surface area contributed by atoms with Gasteiger partial charge in [-0.2, -0.15) is 0 Å². The Morgan fingerprint density at radius 3 is 2.17 bits per heavy atom. The lowest BCUT2D eigenvalue weighted by Crippen LogP contribution is -2.11. The summed E-state index contributed by atoms with van der Waals surface area (Å²) in [6.07, 6.45) is 3.93. The van der Waals surface area contributed by atoms with Crippen LogP contribution in [-0.4, -0.2) is 9.97 Å². The zero-order chi connectivity index (χ0) is 13.2. The molecule has 0 fully saturated rings. The molecule has 0 aliphatic heterocycles. The molecule has 0 aliphatic carbocycles. The average molecular weight is 281 g/mol. The van der Waals surface area contributed by atoms with Crippen molar-refractivity contribution >= 4 is 22.7 Å². The van der Waals surface area contributed by atoms with Gasteiger partial charge in [-0.05, 0) is 6.92 Å². The van der Waals surface area contributed by atoms with Crippen molar-refractivity contribution in [1.29, 1.82) is 0 Å². The largest absolute Gasteiger partial charge is 0.307 e. The molecule has 1 N–H and O–H groups in total. The van der Waals surface area contributed by atoms with E-state index in [-0.39, 0.29) is 5.41 Å². The molecular weight excluding hydrogens is 262 g/mol. The number of aromatic nitrogens is 2. The quantitative estimate of drug-likeness (QED) is 0.932. The van der Waals surface area contributed by atoms with Gasteiger partial charge in [0.05, 0.1) is 10.0 Å². The maximum atomic E-state index is 4.49. The molecule has 18 heavy (non-hydrogen) atoms. The van der Waals surface area contributed by atoms with E-state index in [2.05, 4.69) is 36.1 Å². The van der Waals surface area contributed by atoms with Crippen LogP contribution in [-0.2, 0) is 18.5 Å². The lowest BCUT2D eigenvalue weighted by atomic mass is 9.98. The zero-order valence-electron chi connectivity index (χ0n) is 11.3. The van der Waals surface area contributed by atoms with Crippen molar-refractivity contribution in [3.63, 3.8) is 0 Å². The molecule has 2 rings (SSSR count). The van der Waals surface area contributed by atoms with Crippen LogP contribution in [0.3, 0.4) is 0 Å². The Morgan fingerprint density at radius 2 is 1.67 bits per heavy atom. The molecule has 2 heterocycles. The third-order valence-corrected chi connectivity index (χ3v) is 4.80. The second-order valence-electron chi connectivity index (χ2n) is 5.33. The van der Waals surface area contributed by atoms with Crippen LogP contribution in [0.5, 0.6) is 0 Å². The molecule has 0 bridgehead atoms. The third-order valence-electron chi connectivity index (χ3n) is 2.46. The molecule has 0 atom stereocenters. The van der Waals surface area contributed by atoms with E-state index < -0.39 is 0 Å². The van der Waals surface area contributed by atoms with Crippen molar-refractivity contribution in [3.05, 3.63) is 32.2 Å². The lowest BCUT2D eigenvalue weighted by molar-refractivity contribution is 0.585. The standard InChI is InChI=1S/C13H19N3S2/c1-9-15-7-10(17-9)5-14-6-11-8-16-12(18-11)13(2,3)4/h7-8,14H,5-6H2,1-4H3.